The number of halogens is 1. The van der Waals surface area contributed by atoms with Gasteiger partial charge in [-0.1, -0.05) is 17.3 Å². The summed E-state index contributed by atoms with van der Waals surface area (Å²) in [5.74, 6) is 1.44. The summed E-state index contributed by atoms with van der Waals surface area (Å²) in [5, 5.41) is 3.74. The molecule has 0 aliphatic heterocycles. The van der Waals surface area contributed by atoms with Crippen molar-refractivity contribution in [1.82, 2.24) is 10.1 Å². The molecule has 0 unspecified atom stereocenters. The van der Waals surface area contributed by atoms with E-state index in [4.69, 9.17) is 0 Å². The lowest BCUT2D eigenvalue weighted by molar-refractivity contribution is 0.412. The minimum atomic E-state index is 0.714. The van der Waals surface area contributed by atoms with Crippen LogP contribution in [-0.4, -0.2) is 10.1 Å². The van der Waals surface area contributed by atoms with Crippen LogP contribution in [0, 0.1) is 0 Å². The van der Waals surface area contributed by atoms with E-state index in [-0.39, 0.29) is 0 Å². The molecule has 1 aromatic carbocycles. The molecule has 0 atom stereocenters. The third-order valence-electron chi connectivity index (χ3n) is 1.60. The summed E-state index contributed by atoms with van der Waals surface area (Å²) >= 11 is 5.15. The third-order valence-corrected chi connectivity index (χ3v) is 3.62. The van der Waals surface area contributed by atoms with Gasteiger partial charge in [-0.2, -0.15) is 4.98 Å². The monoisotopic (exact) mass is 270 g/mol. The van der Waals surface area contributed by atoms with E-state index in [9.17, 15) is 0 Å². The van der Waals surface area contributed by atoms with E-state index in [1.54, 1.807) is 11.8 Å². The molecule has 14 heavy (non-hydrogen) atoms. The number of hydrogen-bond acceptors (Lipinski definition) is 4. The lowest BCUT2D eigenvalue weighted by atomic mass is 10.4. The van der Waals surface area contributed by atoms with E-state index in [1.807, 2.05) is 18.2 Å². The molecule has 1 aromatic heterocycles. The van der Waals surface area contributed by atoms with Crippen LogP contribution in [0.1, 0.15) is 5.82 Å². The molecule has 0 amide bonds. The molecule has 5 heteroatoms. The van der Waals surface area contributed by atoms with Crippen LogP contribution in [0.3, 0.4) is 0 Å². The molecule has 2 rings (SSSR count). The zero-order valence-corrected chi connectivity index (χ0v) is 9.59. The first-order valence-corrected chi connectivity index (χ1v) is 5.76. The van der Waals surface area contributed by atoms with Crippen LogP contribution in [-0.2, 0) is 5.75 Å². The summed E-state index contributed by atoms with van der Waals surface area (Å²) in [6.45, 7) is 0. The minimum absolute atomic E-state index is 0.714. The minimum Gasteiger partial charge on any atom is -0.343 e. The summed E-state index contributed by atoms with van der Waals surface area (Å²) in [4.78, 5) is 5.13. The number of rotatable bonds is 3. The van der Waals surface area contributed by atoms with Gasteiger partial charge < -0.3 is 4.52 Å². The topological polar surface area (TPSA) is 38.9 Å². The van der Waals surface area contributed by atoms with Crippen molar-refractivity contribution >= 4 is 27.7 Å². The highest BCUT2D eigenvalue weighted by molar-refractivity contribution is 9.10. The van der Waals surface area contributed by atoms with Crippen molar-refractivity contribution in [3.63, 3.8) is 0 Å². The highest BCUT2D eigenvalue weighted by Gasteiger charge is 2.02. The van der Waals surface area contributed by atoms with Crippen molar-refractivity contribution in [2.24, 2.45) is 0 Å². The Bertz CT molecular complexity index is 405. The summed E-state index contributed by atoms with van der Waals surface area (Å²) in [6, 6.07) is 8.05. The molecule has 0 radical (unpaired) electrons. The Hall–Kier alpha value is -0.810. The van der Waals surface area contributed by atoms with Crippen molar-refractivity contribution < 1.29 is 4.52 Å². The number of thioether (sulfide) groups is 1. The Balaban J connectivity index is 2.02. The summed E-state index contributed by atoms with van der Waals surface area (Å²) in [6.07, 6.45) is 1.34. The molecular weight excluding hydrogens is 264 g/mol. The molecule has 0 saturated heterocycles. The fourth-order valence-electron chi connectivity index (χ4n) is 0.960. The molecule has 1 heterocycles. The molecule has 0 bridgehead atoms. The van der Waals surface area contributed by atoms with Crippen LogP contribution >= 0.6 is 27.7 Å². The van der Waals surface area contributed by atoms with Gasteiger partial charge in [0.05, 0.1) is 5.75 Å². The normalized spacial score (nSPS) is 10.4. The Morgan fingerprint density at radius 3 is 2.93 bits per heavy atom. The van der Waals surface area contributed by atoms with Gasteiger partial charge in [0.15, 0.2) is 5.82 Å². The smallest absolute Gasteiger partial charge is 0.213 e. The zero-order valence-electron chi connectivity index (χ0n) is 7.18. The Morgan fingerprint density at radius 1 is 1.36 bits per heavy atom. The number of nitrogens with zero attached hydrogens (tertiary/aromatic N) is 2. The van der Waals surface area contributed by atoms with Gasteiger partial charge in [0, 0.05) is 9.37 Å². The molecule has 3 nitrogen and oxygen atoms in total. The SMILES string of the molecule is Brc1ccccc1SCc1ncon1. The van der Waals surface area contributed by atoms with Crippen molar-refractivity contribution in [1.29, 1.82) is 0 Å². The van der Waals surface area contributed by atoms with E-state index in [0.717, 1.165) is 10.2 Å². The highest BCUT2D eigenvalue weighted by atomic mass is 79.9. The predicted octanol–water partition coefficient (Wildman–Crippen LogP) is 3.12. The van der Waals surface area contributed by atoms with Crippen LogP contribution in [0.4, 0.5) is 0 Å². The van der Waals surface area contributed by atoms with Gasteiger partial charge in [-0.3, -0.25) is 0 Å². The van der Waals surface area contributed by atoms with Crippen LogP contribution in [0.25, 0.3) is 0 Å². The summed E-state index contributed by atoms with van der Waals surface area (Å²) in [5.41, 5.74) is 0. The Labute approximate surface area is 94.0 Å². The molecular formula is C9H7BrN2OS. The average molecular weight is 271 g/mol. The van der Waals surface area contributed by atoms with Gasteiger partial charge >= 0.3 is 0 Å². The van der Waals surface area contributed by atoms with Gasteiger partial charge in [-0.05, 0) is 28.1 Å². The van der Waals surface area contributed by atoms with Gasteiger partial charge in [-0.15, -0.1) is 11.8 Å². The van der Waals surface area contributed by atoms with E-state index in [0.29, 0.717) is 5.82 Å². The Kier molecular flexibility index (Phi) is 3.21. The van der Waals surface area contributed by atoms with E-state index in [2.05, 4.69) is 36.7 Å². The van der Waals surface area contributed by atoms with Gasteiger partial charge in [-0.25, -0.2) is 0 Å². The van der Waals surface area contributed by atoms with Crippen molar-refractivity contribution in [2.75, 3.05) is 0 Å². The maximum Gasteiger partial charge on any atom is 0.213 e. The molecule has 0 aliphatic carbocycles. The van der Waals surface area contributed by atoms with Crippen LogP contribution in [0.15, 0.2) is 44.6 Å². The number of hydrogen-bond donors (Lipinski definition) is 0. The molecule has 72 valence electrons. The van der Waals surface area contributed by atoms with E-state index >= 15 is 0 Å². The Morgan fingerprint density at radius 2 is 2.21 bits per heavy atom. The van der Waals surface area contributed by atoms with E-state index < -0.39 is 0 Å². The van der Waals surface area contributed by atoms with Crippen LogP contribution in [0.5, 0.6) is 0 Å². The van der Waals surface area contributed by atoms with Gasteiger partial charge in [0.2, 0.25) is 6.39 Å². The van der Waals surface area contributed by atoms with Crippen molar-refractivity contribution in [2.45, 2.75) is 10.6 Å². The van der Waals surface area contributed by atoms with Gasteiger partial charge in [0.1, 0.15) is 0 Å². The molecule has 0 saturated carbocycles. The standard InChI is InChI=1S/C9H7BrN2OS/c10-7-3-1-2-4-8(7)14-5-9-11-6-13-12-9/h1-4,6H,5H2. The largest absolute Gasteiger partial charge is 0.343 e. The second-order valence-electron chi connectivity index (χ2n) is 2.57. The second-order valence-corrected chi connectivity index (χ2v) is 4.44. The first kappa shape index (κ1) is 9.73. The molecule has 0 N–H and O–H groups in total. The highest BCUT2D eigenvalue weighted by Crippen LogP contribution is 2.28. The fourth-order valence-corrected chi connectivity index (χ4v) is 2.38. The average Bonchev–Trinajstić information content (AvgIpc) is 2.69. The number of aromatic nitrogens is 2. The third kappa shape index (κ3) is 2.36. The molecule has 0 spiro atoms. The number of benzene rings is 1. The van der Waals surface area contributed by atoms with Crippen molar-refractivity contribution in [3.05, 3.63) is 41.0 Å². The molecule has 2 aromatic rings. The first-order valence-electron chi connectivity index (χ1n) is 3.99. The first-order chi connectivity index (χ1) is 6.86. The van der Waals surface area contributed by atoms with Crippen LogP contribution in [0.2, 0.25) is 0 Å². The quantitative estimate of drug-likeness (QED) is 0.804. The zero-order chi connectivity index (χ0) is 9.80. The molecule has 0 aliphatic rings. The maximum absolute atomic E-state index is 4.65. The molecule has 0 fully saturated rings. The predicted molar refractivity (Wildman–Crippen MR) is 58.0 cm³/mol. The van der Waals surface area contributed by atoms with E-state index in [1.165, 1.54) is 11.3 Å². The maximum atomic E-state index is 4.65. The van der Waals surface area contributed by atoms with Crippen molar-refractivity contribution in [3.8, 4) is 0 Å². The lowest BCUT2D eigenvalue weighted by Crippen LogP contribution is -1.83. The van der Waals surface area contributed by atoms with Crippen LogP contribution < -0.4 is 0 Å². The van der Waals surface area contributed by atoms with Gasteiger partial charge in [0.25, 0.3) is 0 Å². The summed E-state index contributed by atoms with van der Waals surface area (Å²) in [7, 11) is 0. The summed E-state index contributed by atoms with van der Waals surface area (Å²) < 4.78 is 5.74. The lowest BCUT2D eigenvalue weighted by Gasteiger charge is -2.00. The fraction of sp³-hybridized carbons (Fsp3) is 0.111. The second kappa shape index (κ2) is 4.61.